The molecule has 0 aromatic carbocycles. The van der Waals surface area contributed by atoms with E-state index in [0.717, 1.165) is 0 Å². The van der Waals surface area contributed by atoms with E-state index in [0.29, 0.717) is 0 Å². The van der Waals surface area contributed by atoms with Gasteiger partial charge in [0.25, 0.3) is 5.91 Å². The van der Waals surface area contributed by atoms with Crippen LogP contribution in [0.15, 0.2) is 10.2 Å². The third-order valence-corrected chi connectivity index (χ3v) is 1.45. The van der Waals surface area contributed by atoms with Crippen LogP contribution in [0.25, 0.3) is 0 Å². The Morgan fingerprint density at radius 1 is 0.957 bits per heavy atom. The van der Waals surface area contributed by atoms with E-state index in [9.17, 15) is 14.4 Å². The quantitative estimate of drug-likeness (QED) is 0.747. The third-order valence-electron chi connectivity index (χ3n) is 1.45. The fraction of sp³-hybridized carbons (Fsp3) is 0.786. The Bertz CT molecular complexity index is 421. The summed E-state index contributed by atoms with van der Waals surface area (Å²) in [5, 5.41) is 16.8. The molecule has 9 nitrogen and oxygen atoms in total. The lowest BCUT2D eigenvalue weighted by Gasteiger charge is -2.19. The second kappa shape index (κ2) is 10.7. The molecule has 0 aliphatic rings. The molecule has 0 saturated heterocycles. The lowest BCUT2D eigenvalue weighted by molar-refractivity contribution is -0.116. The van der Waals surface area contributed by atoms with Gasteiger partial charge in [-0.05, 0) is 41.5 Å². The summed E-state index contributed by atoms with van der Waals surface area (Å²) >= 11 is 0. The largest absolute Gasteiger partial charge is 0.453 e. The lowest BCUT2D eigenvalue weighted by Crippen LogP contribution is -2.33. The van der Waals surface area contributed by atoms with Crippen molar-refractivity contribution in [1.29, 1.82) is 0 Å². The van der Waals surface area contributed by atoms with Crippen LogP contribution < -0.4 is 5.32 Å². The number of hydrogen-bond acceptors (Lipinski definition) is 6. The van der Waals surface area contributed by atoms with E-state index in [2.05, 4.69) is 15.5 Å². The molecule has 0 fully saturated rings. The molecule has 0 atom stereocenters. The van der Waals surface area contributed by atoms with Gasteiger partial charge < -0.3 is 19.9 Å². The Morgan fingerprint density at radius 2 is 1.43 bits per heavy atom. The molecule has 0 rings (SSSR count). The molecule has 0 aliphatic heterocycles. The second-order valence-electron chi connectivity index (χ2n) is 6.35. The molecule has 0 aliphatic carbocycles. The lowest BCUT2D eigenvalue weighted by atomic mass is 10.2. The van der Waals surface area contributed by atoms with Gasteiger partial charge in [0.2, 0.25) is 0 Å². The van der Waals surface area contributed by atoms with E-state index >= 15 is 0 Å². The normalized spacial score (nSPS) is 11.3. The summed E-state index contributed by atoms with van der Waals surface area (Å²) in [7, 11) is 0. The number of nitrogens with zero attached hydrogens (tertiary/aromatic N) is 2. The average molecular weight is 333 g/mol. The summed E-state index contributed by atoms with van der Waals surface area (Å²) in [5.41, 5.74) is -1.08. The first-order valence-corrected chi connectivity index (χ1v) is 7.00. The van der Waals surface area contributed by atoms with Crippen LogP contribution in [-0.2, 0) is 14.3 Å². The van der Waals surface area contributed by atoms with Crippen molar-refractivity contribution in [3.8, 4) is 0 Å². The standard InChI is InChI=1S/C7H12N2O3.C7H15NO3/c1-5(10)8-9-6(11)12-7(2,3)4;1-7(2,3)11-6(10)8-4-5-9/h1-4H3;9H,4-5H2,1-3H3,(H,8,10). The number of alkyl carbamates (subject to hydrolysis) is 1. The van der Waals surface area contributed by atoms with Crippen molar-refractivity contribution in [3.63, 3.8) is 0 Å². The average Bonchev–Trinajstić information content (AvgIpc) is 2.30. The molecule has 2 N–H and O–H groups in total. The summed E-state index contributed by atoms with van der Waals surface area (Å²) in [4.78, 5) is 31.7. The first kappa shape index (κ1) is 23.2. The molecule has 0 bridgehead atoms. The van der Waals surface area contributed by atoms with E-state index in [1.165, 1.54) is 6.92 Å². The number of azo groups is 1. The Hall–Kier alpha value is -2.03. The van der Waals surface area contributed by atoms with Crippen molar-refractivity contribution in [2.45, 2.75) is 59.7 Å². The van der Waals surface area contributed by atoms with Gasteiger partial charge in [-0.2, -0.15) is 0 Å². The molecule has 0 aromatic heterocycles. The van der Waals surface area contributed by atoms with Crippen LogP contribution in [0.3, 0.4) is 0 Å². The number of aliphatic hydroxyl groups excluding tert-OH is 1. The highest BCUT2D eigenvalue weighted by Gasteiger charge is 2.16. The zero-order valence-electron chi connectivity index (χ0n) is 14.8. The maximum atomic E-state index is 10.8. The van der Waals surface area contributed by atoms with Crippen LogP contribution >= 0.6 is 0 Å². The zero-order valence-corrected chi connectivity index (χ0v) is 14.8. The Balaban J connectivity index is 0. The maximum absolute atomic E-state index is 10.8. The molecule has 0 heterocycles. The van der Waals surface area contributed by atoms with Crippen molar-refractivity contribution in [1.82, 2.24) is 5.32 Å². The third kappa shape index (κ3) is 22.4. The van der Waals surface area contributed by atoms with Gasteiger partial charge in [-0.15, -0.1) is 5.11 Å². The minimum absolute atomic E-state index is 0.0702. The van der Waals surface area contributed by atoms with Crippen molar-refractivity contribution in [2.75, 3.05) is 13.2 Å². The number of aliphatic hydroxyl groups is 1. The molecule has 0 aromatic rings. The first-order chi connectivity index (χ1) is 10.3. The molecule has 3 amide bonds. The van der Waals surface area contributed by atoms with E-state index < -0.39 is 29.3 Å². The second-order valence-corrected chi connectivity index (χ2v) is 6.35. The summed E-state index contributed by atoms with van der Waals surface area (Å²) in [6, 6.07) is 0. The SMILES string of the molecule is CC(=O)N=NC(=O)OC(C)(C)C.CC(C)(C)OC(=O)NCCO. The number of hydrogen-bond donors (Lipinski definition) is 2. The Morgan fingerprint density at radius 3 is 1.78 bits per heavy atom. The van der Waals surface area contributed by atoms with Gasteiger partial charge in [0, 0.05) is 13.5 Å². The maximum Gasteiger partial charge on any atom is 0.453 e. The van der Waals surface area contributed by atoms with Gasteiger partial charge in [-0.1, -0.05) is 5.11 Å². The van der Waals surface area contributed by atoms with Gasteiger partial charge in [0.15, 0.2) is 0 Å². The number of rotatable bonds is 2. The number of carbonyl (C=O) groups is 3. The van der Waals surface area contributed by atoms with E-state index in [1.54, 1.807) is 41.5 Å². The van der Waals surface area contributed by atoms with Crippen molar-refractivity contribution >= 4 is 18.1 Å². The topological polar surface area (TPSA) is 127 Å². The minimum atomic E-state index is -0.849. The number of nitrogens with one attached hydrogen (secondary N) is 1. The van der Waals surface area contributed by atoms with Gasteiger partial charge in [0.1, 0.15) is 11.2 Å². The molecular weight excluding hydrogens is 306 g/mol. The summed E-state index contributed by atoms with van der Waals surface area (Å²) in [6.07, 6.45) is -1.34. The van der Waals surface area contributed by atoms with Crippen LogP contribution in [-0.4, -0.2) is 47.6 Å². The van der Waals surface area contributed by atoms with Crippen molar-refractivity contribution in [2.24, 2.45) is 10.2 Å². The van der Waals surface area contributed by atoms with Crippen molar-refractivity contribution in [3.05, 3.63) is 0 Å². The smallest absolute Gasteiger partial charge is 0.444 e. The first-order valence-electron chi connectivity index (χ1n) is 7.00. The fourth-order valence-electron chi connectivity index (χ4n) is 0.866. The van der Waals surface area contributed by atoms with Gasteiger partial charge in [-0.25, -0.2) is 9.59 Å². The van der Waals surface area contributed by atoms with Crippen LogP contribution in [0.4, 0.5) is 9.59 Å². The van der Waals surface area contributed by atoms with E-state index in [1.807, 2.05) is 0 Å². The summed E-state index contributed by atoms with van der Waals surface area (Å²) in [5.74, 6) is -0.527. The Kier molecular flexibility index (Phi) is 10.8. The molecule has 23 heavy (non-hydrogen) atoms. The fourth-order valence-corrected chi connectivity index (χ4v) is 0.866. The summed E-state index contributed by atoms with van der Waals surface area (Å²) < 4.78 is 9.62. The molecule has 0 radical (unpaired) electrons. The van der Waals surface area contributed by atoms with Crippen LogP contribution in [0.2, 0.25) is 0 Å². The summed E-state index contributed by atoms with van der Waals surface area (Å²) in [6.45, 7) is 11.8. The van der Waals surface area contributed by atoms with E-state index in [-0.39, 0.29) is 13.2 Å². The van der Waals surface area contributed by atoms with Crippen molar-refractivity contribution < 1.29 is 29.0 Å². The predicted molar refractivity (Wildman–Crippen MR) is 83.1 cm³/mol. The highest BCUT2D eigenvalue weighted by molar-refractivity contribution is 5.76. The molecule has 0 saturated carbocycles. The van der Waals surface area contributed by atoms with Gasteiger partial charge in [-0.3, -0.25) is 4.79 Å². The highest BCUT2D eigenvalue weighted by Crippen LogP contribution is 2.08. The highest BCUT2D eigenvalue weighted by atomic mass is 16.6. The van der Waals surface area contributed by atoms with Crippen LogP contribution in [0.1, 0.15) is 48.5 Å². The van der Waals surface area contributed by atoms with Gasteiger partial charge in [0.05, 0.1) is 6.61 Å². The number of carbonyl (C=O) groups excluding carboxylic acids is 3. The molecule has 134 valence electrons. The molecule has 0 spiro atoms. The predicted octanol–water partition coefficient (Wildman–Crippen LogP) is 2.42. The van der Waals surface area contributed by atoms with Crippen LogP contribution in [0.5, 0.6) is 0 Å². The van der Waals surface area contributed by atoms with Gasteiger partial charge >= 0.3 is 12.2 Å². The Labute approximate surface area is 136 Å². The zero-order chi connectivity index (χ0) is 18.7. The molecular formula is C14H27N3O6. The monoisotopic (exact) mass is 333 g/mol. The van der Waals surface area contributed by atoms with E-state index in [4.69, 9.17) is 14.6 Å². The number of amides is 3. The minimum Gasteiger partial charge on any atom is -0.444 e. The van der Waals surface area contributed by atoms with Crippen LogP contribution in [0, 0.1) is 0 Å². The number of ether oxygens (including phenoxy) is 2. The molecule has 9 heteroatoms. The molecule has 0 unspecified atom stereocenters.